The normalized spacial score (nSPS) is 14.1. The molecule has 0 amide bonds. The Kier molecular flexibility index (Phi) is 13.1. The molecule has 0 bridgehead atoms. The summed E-state index contributed by atoms with van der Waals surface area (Å²) in [7, 11) is 0. The van der Waals surface area contributed by atoms with Crippen molar-refractivity contribution in [3.8, 4) is 122 Å². The highest BCUT2D eigenvalue weighted by Crippen LogP contribution is 2.56. The van der Waals surface area contributed by atoms with Gasteiger partial charge in [-0.2, -0.15) is 0 Å². The summed E-state index contributed by atoms with van der Waals surface area (Å²) in [6.07, 6.45) is 0. The molecule has 0 N–H and O–H groups in total. The lowest BCUT2D eigenvalue weighted by atomic mass is 9.79. The number of aryl methyl sites for hydroxylation is 6. The van der Waals surface area contributed by atoms with Gasteiger partial charge in [0.05, 0.1) is 0 Å². The van der Waals surface area contributed by atoms with Gasteiger partial charge < -0.3 is 0 Å². The second-order valence-corrected chi connectivity index (χ2v) is 29.6. The minimum Gasteiger partial charge on any atom is -0.0616 e. The third-order valence-corrected chi connectivity index (χ3v) is 22.4. The van der Waals surface area contributed by atoms with Gasteiger partial charge in [-0.05, 0) is 314 Å². The fourth-order valence-corrected chi connectivity index (χ4v) is 17.7. The molecule has 95 heavy (non-hydrogen) atoms. The van der Waals surface area contributed by atoms with Crippen LogP contribution in [0.2, 0.25) is 0 Å². The van der Waals surface area contributed by atoms with Crippen LogP contribution in [0, 0.1) is 41.5 Å². The first kappa shape index (κ1) is 58.4. The van der Waals surface area contributed by atoms with Gasteiger partial charge in [-0.25, -0.2) is 0 Å². The summed E-state index contributed by atoms with van der Waals surface area (Å²) in [5.41, 5.74) is 43.6. The van der Waals surface area contributed by atoms with Crippen LogP contribution in [-0.2, 0) is 16.2 Å². The van der Waals surface area contributed by atoms with Crippen molar-refractivity contribution in [2.75, 3.05) is 0 Å². The van der Waals surface area contributed by atoms with Crippen molar-refractivity contribution < 1.29 is 0 Å². The molecule has 0 spiro atoms. The lowest BCUT2D eigenvalue weighted by molar-refractivity contribution is 0.659. The van der Waals surface area contributed by atoms with E-state index in [4.69, 9.17) is 0 Å². The fourth-order valence-electron chi connectivity index (χ4n) is 17.7. The first-order valence-corrected chi connectivity index (χ1v) is 34.1. The van der Waals surface area contributed by atoms with Gasteiger partial charge in [-0.3, -0.25) is 0 Å². The van der Waals surface area contributed by atoms with Crippen LogP contribution in [0.15, 0.2) is 255 Å². The Morgan fingerprint density at radius 3 is 0.726 bits per heavy atom. The number of fused-ring (bicyclic) bond motifs is 11. The van der Waals surface area contributed by atoms with Crippen molar-refractivity contribution in [2.45, 2.75) is 99.3 Å². The average molecular weight is 1220 g/mol. The second kappa shape index (κ2) is 21.3. The van der Waals surface area contributed by atoms with Gasteiger partial charge in [0.25, 0.3) is 0 Å². The summed E-state index contributed by atoms with van der Waals surface area (Å²) in [6, 6.07) is 98.4. The maximum absolute atomic E-state index is 2.50. The van der Waals surface area contributed by atoms with E-state index >= 15 is 0 Å². The number of benzene rings is 14. The van der Waals surface area contributed by atoms with E-state index in [0.717, 1.165) is 0 Å². The van der Waals surface area contributed by atoms with Gasteiger partial charge in [0.1, 0.15) is 0 Å². The predicted octanol–water partition coefficient (Wildman–Crippen LogP) is 26.1. The van der Waals surface area contributed by atoms with Crippen LogP contribution in [0.1, 0.15) is 108 Å². The van der Waals surface area contributed by atoms with Gasteiger partial charge in [-0.1, -0.05) is 235 Å². The average Bonchev–Trinajstić information content (AvgIpc) is 1.58. The Bertz CT molecular complexity index is 5230. The molecule has 14 aromatic carbocycles. The van der Waals surface area contributed by atoms with Crippen molar-refractivity contribution >= 4 is 21.5 Å². The zero-order valence-corrected chi connectivity index (χ0v) is 56.7. The van der Waals surface area contributed by atoms with E-state index in [1.807, 2.05) is 0 Å². The molecule has 0 heteroatoms. The molecule has 0 aromatic heterocycles. The third kappa shape index (κ3) is 9.23. The van der Waals surface area contributed by atoms with Crippen LogP contribution in [0.25, 0.3) is 144 Å². The molecule has 3 aliphatic rings. The predicted molar refractivity (Wildman–Crippen MR) is 406 cm³/mol. The van der Waals surface area contributed by atoms with Crippen LogP contribution < -0.4 is 0 Å². The summed E-state index contributed by atoms with van der Waals surface area (Å²) in [6.45, 7) is 28.0. The highest BCUT2D eigenvalue weighted by Gasteiger charge is 2.40. The zero-order chi connectivity index (χ0) is 65.1. The molecule has 3 aliphatic carbocycles. The number of rotatable bonds is 8. The van der Waals surface area contributed by atoms with E-state index < -0.39 is 0 Å². The van der Waals surface area contributed by atoms with Crippen LogP contribution in [0.5, 0.6) is 0 Å². The van der Waals surface area contributed by atoms with Gasteiger partial charge in [0, 0.05) is 16.2 Å². The highest BCUT2D eigenvalue weighted by atomic mass is 14.4. The zero-order valence-electron chi connectivity index (χ0n) is 56.7. The van der Waals surface area contributed by atoms with Gasteiger partial charge in [0.15, 0.2) is 0 Å². The molecule has 0 nitrogen and oxygen atoms in total. The van der Waals surface area contributed by atoms with Crippen LogP contribution >= 0.6 is 0 Å². The topological polar surface area (TPSA) is 0 Å². The second-order valence-electron chi connectivity index (χ2n) is 29.6. The van der Waals surface area contributed by atoms with Crippen molar-refractivity contribution in [3.05, 3.63) is 322 Å². The Balaban J connectivity index is 0.670. The molecule has 14 aromatic rings. The molecular weight excluding hydrogens is 1140 g/mol. The van der Waals surface area contributed by atoms with Crippen LogP contribution in [-0.4, -0.2) is 0 Å². The molecule has 0 saturated heterocycles. The SMILES string of the molecule is Cc1cc(C)c(-c2cc(-c3ccc4c(c3)C(C)(C)c3cc(-c5ccc6c(c5)C(C)(C)c5cc(-c7ccc8c(c7)C(C)(C)c7cc(-c9cc(-c%10c(C)cc(C)cc%10C)cc(-c%10cccc%11ccccc%10%11)c9)ccc7-8)ccc5-6)ccc3-4)cc(-c3cccc4ccccc34)c2)c(C)c1. The summed E-state index contributed by atoms with van der Waals surface area (Å²) < 4.78 is 0. The summed E-state index contributed by atoms with van der Waals surface area (Å²) in [4.78, 5) is 0. The van der Waals surface area contributed by atoms with E-state index in [9.17, 15) is 0 Å². The van der Waals surface area contributed by atoms with E-state index in [-0.39, 0.29) is 16.2 Å². The Hall–Kier alpha value is -10.4. The first-order valence-electron chi connectivity index (χ1n) is 34.1. The molecule has 0 radical (unpaired) electrons. The van der Waals surface area contributed by atoms with Gasteiger partial charge >= 0.3 is 0 Å². The maximum Gasteiger partial charge on any atom is 0.0159 e. The molecule has 17 rings (SSSR count). The molecule has 0 unspecified atom stereocenters. The van der Waals surface area contributed by atoms with E-state index in [2.05, 4.69) is 338 Å². The van der Waals surface area contributed by atoms with Gasteiger partial charge in [-0.15, -0.1) is 0 Å². The first-order chi connectivity index (χ1) is 45.8. The Labute approximate surface area is 561 Å². The van der Waals surface area contributed by atoms with Crippen molar-refractivity contribution in [1.29, 1.82) is 0 Å². The van der Waals surface area contributed by atoms with Crippen molar-refractivity contribution in [1.82, 2.24) is 0 Å². The van der Waals surface area contributed by atoms with Crippen LogP contribution in [0.3, 0.4) is 0 Å². The van der Waals surface area contributed by atoms with Crippen molar-refractivity contribution in [2.24, 2.45) is 0 Å². The molecule has 458 valence electrons. The minimum absolute atomic E-state index is 0.203. The molecular formula is C95H78. The van der Waals surface area contributed by atoms with E-state index in [1.54, 1.807) is 0 Å². The smallest absolute Gasteiger partial charge is 0.0159 e. The summed E-state index contributed by atoms with van der Waals surface area (Å²) in [5.74, 6) is 0. The molecule has 0 atom stereocenters. The Morgan fingerprint density at radius 2 is 0.432 bits per heavy atom. The van der Waals surface area contributed by atoms with Crippen molar-refractivity contribution in [3.63, 3.8) is 0 Å². The lowest BCUT2D eigenvalue weighted by Gasteiger charge is -2.24. The quantitative estimate of drug-likeness (QED) is 0.142. The fraction of sp³-hybridized carbons (Fsp3) is 0.158. The van der Waals surface area contributed by atoms with Crippen LogP contribution in [0.4, 0.5) is 0 Å². The van der Waals surface area contributed by atoms with E-state index in [0.29, 0.717) is 0 Å². The monoisotopic (exact) mass is 1220 g/mol. The highest BCUT2D eigenvalue weighted by molar-refractivity contribution is 6.01. The largest absolute Gasteiger partial charge is 0.0616 e. The minimum atomic E-state index is -0.213. The number of hydrogen-bond donors (Lipinski definition) is 0. The maximum atomic E-state index is 2.50. The summed E-state index contributed by atoms with van der Waals surface area (Å²) in [5, 5.41) is 5.06. The lowest BCUT2D eigenvalue weighted by Crippen LogP contribution is -2.16. The third-order valence-electron chi connectivity index (χ3n) is 22.4. The summed E-state index contributed by atoms with van der Waals surface area (Å²) >= 11 is 0. The van der Waals surface area contributed by atoms with E-state index in [1.165, 1.54) is 211 Å². The molecule has 0 heterocycles. The Morgan fingerprint density at radius 1 is 0.189 bits per heavy atom. The van der Waals surface area contributed by atoms with Gasteiger partial charge in [0.2, 0.25) is 0 Å². The standard InChI is InChI=1S/C95H78/c1-55-39-57(3)91(58(4)40-55)73-45-69(43-71(47-73)77-25-17-21-61-19-13-15-23-75(61)77)67-31-37-83-81-35-29-65(51-87(81)94(9,10)89(83)53-67)63-27-33-79-80-34-28-64(50-86(80)93(7,8)85(79)49-63)66-30-36-82-84-38-32-68(54-90(84)95(11,12)88(82)52-66)70-44-72(78-26-18-22-62-20-14-16-24-76(62)78)48-74(46-70)92-59(5)41-56(2)42-60(92)6/h13-54H,1-12H3. The molecule has 0 aliphatic heterocycles. The molecule has 0 fully saturated rings. The molecule has 0 saturated carbocycles. The number of hydrogen-bond acceptors (Lipinski definition) is 0.